The van der Waals surface area contributed by atoms with Crippen molar-refractivity contribution >= 4 is 16.9 Å². The summed E-state index contributed by atoms with van der Waals surface area (Å²) in [5.41, 5.74) is 1.79. The Morgan fingerprint density at radius 1 is 1.11 bits per heavy atom. The lowest BCUT2D eigenvalue weighted by atomic mass is 10.3. The summed E-state index contributed by atoms with van der Waals surface area (Å²) in [5, 5.41) is 3.17. The van der Waals surface area contributed by atoms with Crippen molar-refractivity contribution in [1.82, 2.24) is 9.97 Å². The molecular formula is C13H17N3O2. The molecule has 1 N–H and O–H groups in total. The Morgan fingerprint density at radius 3 is 2.78 bits per heavy atom. The van der Waals surface area contributed by atoms with E-state index < -0.39 is 0 Å². The molecule has 5 nitrogen and oxygen atoms in total. The normalized spacial score (nSPS) is 10.7. The number of nitrogens with zero attached hydrogens (tertiary/aromatic N) is 2. The lowest BCUT2D eigenvalue weighted by molar-refractivity contribution is 0.0759. The predicted molar refractivity (Wildman–Crippen MR) is 70.7 cm³/mol. The number of hydrogen-bond donors (Lipinski definition) is 1. The van der Waals surface area contributed by atoms with Crippen LogP contribution in [-0.4, -0.2) is 43.4 Å². The van der Waals surface area contributed by atoms with Crippen LogP contribution >= 0.6 is 0 Å². The highest BCUT2D eigenvalue weighted by Gasteiger charge is 1.98. The van der Waals surface area contributed by atoms with Crippen LogP contribution < -0.4 is 5.32 Å². The molecule has 18 heavy (non-hydrogen) atoms. The van der Waals surface area contributed by atoms with E-state index in [4.69, 9.17) is 9.47 Å². The van der Waals surface area contributed by atoms with Crippen LogP contribution in [0.3, 0.4) is 0 Å². The van der Waals surface area contributed by atoms with Crippen molar-refractivity contribution in [3.05, 3.63) is 30.5 Å². The number of ether oxygens (including phenoxy) is 2. The Bertz CT molecular complexity index is 490. The third kappa shape index (κ3) is 3.65. The van der Waals surface area contributed by atoms with Crippen LogP contribution in [0.4, 0.5) is 5.82 Å². The van der Waals surface area contributed by atoms with Gasteiger partial charge in [-0.1, -0.05) is 12.1 Å². The van der Waals surface area contributed by atoms with Gasteiger partial charge < -0.3 is 14.8 Å². The summed E-state index contributed by atoms with van der Waals surface area (Å²) in [4.78, 5) is 8.78. The molecule has 0 aliphatic carbocycles. The topological polar surface area (TPSA) is 56.3 Å². The molecular weight excluding hydrogens is 230 g/mol. The smallest absolute Gasteiger partial charge is 0.145 e. The number of benzene rings is 1. The number of nitrogens with one attached hydrogen (secondary N) is 1. The van der Waals surface area contributed by atoms with Crippen molar-refractivity contribution < 1.29 is 9.47 Å². The summed E-state index contributed by atoms with van der Waals surface area (Å²) in [6.07, 6.45) is 1.73. The fourth-order valence-electron chi connectivity index (χ4n) is 1.54. The summed E-state index contributed by atoms with van der Waals surface area (Å²) >= 11 is 0. The fraction of sp³-hybridized carbons (Fsp3) is 0.385. The Morgan fingerprint density at radius 2 is 1.94 bits per heavy atom. The van der Waals surface area contributed by atoms with E-state index in [1.165, 1.54) is 0 Å². The minimum absolute atomic E-state index is 0.613. The Labute approximate surface area is 106 Å². The maximum Gasteiger partial charge on any atom is 0.145 e. The first kappa shape index (κ1) is 12.7. The van der Waals surface area contributed by atoms with Crippen LogP contribution in [0, 0.1) is 0 Å². The molecule has 0 radical (unpaired) electrons. The molecule has 0 atom stereocenters. The number of rotatable bonds is 7. The van der Waals surface area contributed by atoms with Gasteiger partial charge in [0.25, 0.3) is 0 Å². The number of anilines is 1. The van der Waals surface area contributed by atoms with Crippen LogP contribution in [0.15, 0.2) is 30.5 Å². The molecule has 0 bridgehead atoms. The highest BCUT2D eigenvalue weighted by Crippen LogP contribution is 2.10. The minimum Gasteiger partial charge on any atom is -0.382 e. The summed E-state index contributed by atoms with van der Waals surface area (Å²) in [7, 11) is 1.66. The molecule has 2 rings (SSSR count). The number of aromatic nitrogens is 2. The Hall–Kier alpha value is -1.72. The van der Waals surface area contributed by atoms with E-state index in [9.17, 15) is 0 Å². The number of methoxy groups -OCH3 is 1. The SMILES string of the molecule is COCCOCCNc1cnc2ccccc2n1. The van der Waals surface area contributed by atoms with Gasteiger partial charge in [-0.15, -0.1) is 0 Å². The molecule has 96 valence electrons. The van der Waals surface area contributed by atoms with Gasteiger partial charge in [-0.25, -0.2) is 4.98 Å². The molecule has 0 amide bonds. The summed E-state index contributed by atoms with van der Waals surface area (Å²) in [5.74, 6) is 0.768. The van der Waals surface area contributed by atoms with Crippen LogP contribution in [0.5, 0.6) is 0 Å². The first-order valence-corrected chi connectivity index (χ1v) is 5.92. The molecule has 0 unspecified atom stereocenters. The van der Waals surface area contributed by atoms with Gasteiger partial charge >= 0.3 is 0 Å². The third-order valence-corrected chi connectivity index (χ3v) is 2.43. The molecule has 2 aromatic rings. The second kappa shape index (κ2) is 6.88. The monoisotopic (exact) mass is 247 g/mol. The zero-order chi connectivity index (χ0) is 12.6. The second-order valence-electron chi connectivity index (χ2n) is 3.78. The zero-order valence-electron chi connectivity index (χ0n) is 10.4. The first-order valence-electron chi connectivity index (χ1n) is 5.92. The molecule has 1 aromatic heterocycles. The molecule has 0 aliphatic rings. The van der Waals surface area contributed by atoms with Crippen molar-refractivity contribution in [2.24, 2.45) is 0 Å². The highest BCUT2D eigenvalue weighted by atomic mass is 16.5. The summed E-state index contributed by atoms with van der Waals surface area (Å²) in [6, 6.07) is 7.80. The largest absolute Gasteiger partial charge is 0.382 e. The van der Waals surface area contributed by atoms with Crippen molar-refractivity contribution in [2.75, 3.05) is 38.8 Å². The standard InChI is InChI=1S/C13H17N3O2/c1-17-8-9-18-7-6-14-13-10-15-11-4-2-3-5-12(11)16-13/h2-5,10H,6-9H2,1H3,(H,14,16). The molecule has 1 heterocycles. The lowest BCUT2D eigenvalue weighted by Crippen LogP contribution is -2.12. The third-order valence-electron chi connectivity index (χ3n) is 2.43. The average molecular weight is 247 g/mol. The van der Waals surface area contributed by atoms with Crippen molar-refractivity contribution in [1.29, 1.82) is 0 Å². The Balaban J connectivity index is 1.81. The van der Waals surface area contributed by atoms with E-state index in [1.54, 1.807) is 13.3 Å². The van der Waals surface area contributed by atoms with Gasteiger partial charge in [0, 0.05) is 13.7 Å². The van der Waals surface area contributed by atoms with E-state index in [1.807, 2.05) is 24.3 Å². The van der Waals surface area contributed by atoms with Crippen LogP contribution in [0.25, 0.3) is 11.0 Å². The van der Waals surface area contributed by atoms with Crippen LogP contribution in [0.2, 0.25) is 0 Å². The second-order valence-corrected chi connectivity index (χ2v) is 3.78. The van der Waals surface area contributed by atoms with E-state index in [2.05, 4.69) is 15.3 Å². The maximum atomic E-state index is 5.35. The Kier molecular flexibility index (Phi) is 4.87. The maximum absolute atomic E-state index is 5.35. The molecule has 0 fully saturated rings. The van der Waals surface area contributed by atoms with Gasteiger partial charge in [-0.2, -0.15) is 0 Å². The molecule has 0 aliphatic heterocycles. The fourth-order valence-corrected chi connectivity index (χ4v) is 1.54. The highest BCUT2D eigenvalue weighted by molar-refractivity contribution is 5.75. The van der Waals surface area contributed by atoms with Crippen molar-refractivity contribution in [2.45, 2.75) is 0 Å². The lowest BCUT2D eigenvalue weighted by Gasteiger charge is -2.06. The van der Waals surface area contributed by atoms with Gasteiger partial charge in [0.2, 0.25) is 0 Å². The van der Waals surface area contributed by atoms with E-state index in [0.717, 1.165) is 16.9 Å². The van der Waals surface area contributed by atoms with Gasteiger partial charge in [0.1, 0.15) is 5.82 Å². The van der Waals surface area contributed by atoms with Crippen LogP contribution in [-0.2, 0) is 9.47 Å². The quantitative estimate of drug-likeness (QED) is 0.755. The summed E-state index contributed by atoms with van der Waals surface area (Å²) in [6.45, 7) is 2.56. The van der Waals surface area contributed by atoms with Gasteiger partial charge in [-0.3, -0.25) is 4.98 Å². The minimum atomic E-state index is 0.613. The number of hydrogen-bond acceptors (Lipinski definition) is 5. The van der Waals surface area contributed by atoms with Gasteiger partial charge in [0.05, 0.1) is 37.1 Å². The average Bonchev–Trinajstić information content (AvgIpc) is 2.42. The van der Waals surface area contributed by atoms with Gasteiger partial charge in [-0.05, 0) is 12.1 Å². The van der Waals surface area contributed by atoms with Crippen molar-refractivity contribution in [3.63, 3.8) is 0 Å². The summed E-state index contributed by atoms with van der Waals surface area (Å²) < 4.78 is 10.2. The van der Waals surface area contributed by atoms with Crippen molar-refractivity contribution in [3.8, 4) is 0 Å². The van der Waals surface area contributed by atoms with E-state index in [-0.39, 0.29) is 0 Å². The number of fused-ring (bicyclic) bond motifs is 1. The number of para-hydroxylation sites is 2. The molecule has 0 saturated heterocycles. The molecule has 5 heteroatoms. The van der Waals surface area contributed by atoms with Crippen LogP contribution in [0.1, 0.15) is 0 Å². The predicted octanol–water partition coefficient (Wildman–Crippen LogP) is 1.70. The molecule has 0 saturated carbocycles. The van der Waals surface area contributed by atoms with E-state index in [0.29, 0.717) is 26.4 Å². The molecule has 1 aromatic carbocycles. The van der Waals surface area contributed by atoms with E-state index >= 15 is 0 Å². The molecule has 0 spiro atoms. The first-order chi connectivity index (χ1) is 8.90. The van der Waals surface area contributed by atoms with Gasteiger partial charge in [0.15, 0.2) is 0 Å². The zero-order valence-corrected chi connectivity index (χ0v) is 10.4.